The fourth-order valence-corrected chi connectivity index (χ4v) is 5.35. The van der Waals surface area contributed by atoms with Crippen LogP contribution < -0.4 is 0 Å². The van der Waals surface area contributed by atoms with Gasteiger partial charge in [-0.1, -0.05) is 85.8 Å². The third kappa shape index (κ3) is 5.30. The molecule has 3 heteroatoms. The molecule has 0 amide bonds. The molecule has 1 aliphatic rings. The molecule has 0 N–H and O–H groups in total. The van der Waals surface area contributed by atoms with E-state index in [1.165, 1.54) is 21.6 Å². The number of aryl methyl sites for hydroxylation is 1. The minimum atomic E-state index is 0.171. The lowest BCUT2D eigenvalue weighted by atomic mass is 10.1. The minimum Gasteiger partial charge on any atom is -0.374 e. The molecule has 3 aromatic carbocycles. The third-order valence-corrected chi connectivity index (χ3v) is 6.98. The predicted molar refractivity (Wildman–Crippen MR) is 122 cm³/mol. The van der Waals surface area contributed by atoms with Gasteiger partial charge in [-0.2, -0.15) is 0 Å². The van der Waals surface area contributed by atoms with Crippen LogP contribution in [0.25, 0.3) is 0 Å². The number of hydrogen-bond acceptors (Lipinski definition) is 3. The van der Waals surface area contributed by atoms with Crippen LogP contribution in [0.15, 0.2) is 89.8 Å². The van der Waals surface area contributed by atoms with E-state index in [2.05, 4.69) is 96.8 Å². The summed E-state index contributed by atoms with van der Waals surface area (Å²) in [6.07, 6.45) is 1.22. The molecule has 3 aromatic rings. The van der Waals surface area contributed by atoms with Gasteiger partial charge >= 0.3 is 0 Å². The first-order valence-corrected chi connectivity index (χ1v) is 11.4. The Kier molecular flexibility index (Phi) is 7.04. The smallest absolute Gasteiger partial charge is 0.0865 e. The van der Waals surface area contributed by atoms with Gasteiger partial charge in [-0.3, -0.25) is 4.90 Å². The van der Waals surface area contributed by atoms with Gasteiger partial charge in [0.25, 0.3) is 0 Å². The van der Waals surface area contributed by atoms with Crippen molar-refractivity contribution in [3.05, 3.63) is 102 Å². The third-order valence-electron chi connectivity index (χ3n) is 5.50. The molecule has 150 valence electrons. The minimum absolute atomic E-state index is 0.171. The number of nitrogens with zero attached hydrogens (tertiary/aromatic N) is 1. The van der Waals surface area contributed by atoms with Gasteiger partial charge in [0.2, 0.25) is 0 Å². The van der Waals surface area contributed by atoms with Crippen LogP contribution in [0.4, 0.5) is 0 Å². The fourth-order valence-electron chi connectivity index (χ4n) is 3.95. The normalized spacial score (nSPS) is 18.4. The Labute approximate surface area is 178 Å². The molecule has 0 aromatic heterocycles. The Morgan fingerprint density at radius 2 is 1.62 bits per heavy atom. The second-order valence-electron chi connectivity index (χ2n) is 7.54. The molecule has 0 radical (unpaired) electrons. The van der Waals surface area contributed by atoms with Gasteiger partial charge in [0.1, 0.15) is 0 Å². The molecule has 4 rings (SSSR count). The maximum Gasteiger partial charge on any atom is 0.0865 e. The van der Waals surface area contributed by atoms with Crippen molar-refractivity contribution in [3.63, 3.8) is 0 Å². The molecule has 1 saturated heterocycles. The van der Waals surface area contributed by atoms with Crippen molar-refractivity contribution in [2.45, 2.75) is 36.1 Å². The highest BCUT2D eigenvalue weighted by molar-refractivity contribution is 7.99. The molecule has 2 atom stereocenters. The van der Waals surface area contributed by atoms with E-state index in [-0.39, 0.29) is 11.4 Å². The van der Waals surface area contributed by atoms with E-state index in [0.29, 0.717) is 0 Å². The standard InChI is InChI=1S/C26H29NOS/c1-2-22-13-9-10-16-25(22)29-26(23-14-7-4-8-15-23)24-20-27(17-18-28-24)19-21-11-5-3-6-12-21/h3-16,24,26H,2,17-20H2,1H3/t24-,26-/m1/s1. The van der Waals surface area contributed by atoms with Crippen molar-refractivity contribution in [1.29, 1.82) is 0 Å². The zero-order chi connectivity index (χ0) is 19.9. The quantitative estimate of drug-likeness (QED) is 0.450. The van der Waals surface area contributed by atoms with Gasteiger partial charge in [0, 0.05) is 24.5 Å². The van der Waals surface area contributed by atoms with E-state index < -0.39 is 0 Å². The topological polar surface area (TPSA) is 12.5 Å². The Bertz CT molecular complexity index is 883. The van der Waals surface area contributed by atoms with Crippen molar-refractivity contribution in [2.75, 3.05) is 19.7 Å². The second-order valence-corrected chi connectivity index (χ2v) is 8.72. The summed E-state index contributed by atoms with van der Waals surface area (Å²) in [5, 5.41) is 0.280. The Hall–Kier alpha value is -2.07. The van der Waals surface area contributed by atoms with Crippen LogP contribution in [-0.4, -0.2) is 30.7 Å². The molecule has 0 unspecified atom stereocenters. The van der Waals surface area contributed by atoms with Crippen LogP contribution in [-0.2, 0) is 17.7 Å². The highest BCUT2D eigenvalue weighted by atomic mass is 32.2. The lowest BCUT2D eigenvalue weighted by Crippen LogP contribution is -2.44. The molecular formula is C26H29NOS. The molecule has 2 nitrogen and oxygen atoms in total. The molecule has 0 aliphatic carbocycles. The van der Waals surface area contributed by atoms with Crippen molar-refractivity contribution in [2.24, 2.45) is 0 Å². The number of rotatable bonds is 7. The highest BCUT2D eigenvalue weighted by Crippen LogP contribution is 2.41. The maximum absolute atomic E-state index is 6.35. The number of hydrogen-bond donors (Lipinski definition) is 0. The van der Waals surface area contributed by atoms with Crippen LogP contribution >= 0.6 is 11.8 Å². The number of benzene rings is 3. The van der Waals surface area contributed by atoms with E-state index in [1.54, 1.807) is 0 Å². The number of thioether (sulfide) groups is 1. The molecule has 1 fully saturated rings. The zero-order valence-electron chi connectivity index (χ0n) is 17.0. The average molecular weight is 404 g/mol. The molecule has 0 saturated carbocycles. The lowest BCUT2D eigenvalue weighted by Gasteiger charge is -2.37. The largest absolute Gasteiger partial charge is 0.374 e. The van der Waals surface area contributed by atoms with Gasteiger partial charge in [-0.25, -0.2) is 0 Å². The van der Waals surface area contributed by atoms with Gasteiger partial charge in [-0.15, -0.1) is 11.8 Å². The number of morpholine rings is 1. The first-order valence-electron chi connectivity index (χ1n) is 10.5. The van der Waals surface area contributed by atoms with Crippen molar-refractivity contribution in [3.8, 4) is 0 Å². The number of ether oxygens (including phenoxy) is 1. The van der Waals surface area contributed by atoms with Crippen molar-refractivity contribution < 1.29 is 4.74 Å². The zero-order valence-corrected chi connectivity index (χ0v) is 17.9. The van der Waals surface area contributed by atoms with Crippen molar-refractivity contribution >= 4 is 11.8 Å². The van der Waals surface area contributed by atoms with E-state index in [9.17, 15) is 0 Å². The summed E-state index contributed by atoms with van der Waals surface area (Å²) in [5.41, 5.74) is 4.12. The van der Waals surface area contributed by atoms with Gasteiger partial charge in [0.15, 0.2) is 0 Å². The summed E-state index contributed by atoms with van der Waals surface area (Å²) < 4.78 is 6.35. The molecule has 0 spiro atoms. The van der Waals surface area contributed by atoms with E-state index in [4.69, 9.17) is 4.74 Å². The Balaban J connectivity index is 1.55. The Morgan fingerprint density at radius 3 is 2.38 bits per heavy atom. The fraction of sp³-hybridized carbons (Fsp3) is 0.308. The van der Waals surface area contributed by atoms with Gasteiger partial charge < -0.3 is 4.74 Å². The predicted octanol–water partition coefficient (Wildman–Crippen LogP) is 5.98. The van der Waals surface area contributed by atoms with Crippen LogP contribution in [0.1, 0.15) is 28.9 Å². The van der Waals surface area contributed by atoms with E-state index in [1.807, 2.05) is 11.8 Å². The van der Waals surface area contributed by atoms with E-state index in [0.717, 1.165) is 32.7 Å². The van der Waals surface area contributed by atoms with Gasteiger partial charge in [-0.05, 0) is 29.2 Å². The Morgan fingerprint density at radius 1 is 0.931 bits per heavy atom. The lowest BCUT2D eigenvalue weighted by molar-refractivity contribution is -0.0319. The summed E-state index contributed by atoms with van der Waals surface area (Å²) >= 11 is 1.96. The van der Waals surface area contributed by atoms with Crippen LogP contribution in [0.2, 0.25) is 0 Å². The summed E-state index contributed by atoms with van der Waals surface area (Å²) in [6, 6.07) is 30.4. The maximum atomic E-state index is 6.35. The first kappa shape index (κ1) is 20.2. The highest BCUT2D eigenvalue weighted by Gasteiger charge is 2.30. The van der Waals surface area contributed by atoms with Crippen molar-refractivity contribution in [1.82, 2.24) is 4.90 Å². The summed E-state index contributed by atoms with van der Waals surface area (Å²) in [6.45, 7) is 5.95. The first-order chi connectivity index (χ1) is 14.3. The SMILES string of the molecule is CCc1ccccc1S[C@H](c1ccccc1)[C@H]1CN(Cc2ccccc2)CCO1. The van der Waals surface area contributed by atoms with Crippen LogP contribution in [0.5, 0.6) is 0 Å². The molecule has 1 heterocycles. The summed E-state index contributed by atoms with van der Waals surface area (Å²) in [7, 11) is 0. The average Bonchev–Trinajstić information content (AvgIpc) is 2.79. The van der Waals surface area contributed by atoms with Crippen LogP contribution in [0, 0.1) is 0 Å². The summed E-state index contributed by atoms with van der Waals surface area (Å²) in [4.78, 5) is 3.90. The molecule has 0 bridgehead atoms. The molecule has 29 heavy (non-hydrogen) atoms. The van der Waals surface area contributed by atoms with Gasteiger partial charge in [0.05, 0.1) is 18.0 Å². The monoisotopic (exact) mass is 403 g/mol. The van der Waals surface area contributed by atoms with Crippen LogP contribution in [0.3, 0.4) is 0 Å². The molecular weight excluding hydrogens is 374 g/mol. The molecule has 1 aliphatic heterocycles. The van der Waals surface area contributed by atoms with E-state index >= 15 is 0 Å². The second kappa shape index (κ2) is 10.1. The summed E-state index contributed by atoms with van der Waals surface area (Å²) in [5.74, 6) is 0.